The Morgan fingerprint density at radius 2 is 1.84 bits per heavy atom. The Balaban J connectivity index is 1.49. The van der Waals surface area contributed by atoms with E-state index >= 15 is 0 Å². The van der Waals surface area contributed by atoms with Crippen molar-refractivity contribution < 1.29 is 33.4 Å². The predicted octanol–water partition coefficient (Wildman–Crippen LogP) is 2.63. The van der Waals surface area contributed by atoms with Gasteiger partial charge in [0.15, 0.2) is 12.4 Å². The first-order chi connectivity index (χ1) is 21.1. The highest BCUT2D eigenvalue weighted by Gasteiger charge is 2.34. The van der Waals surface area contributed by atoms with Gasteiger partial charge < -0.3 is 30.4 Å². The average molecular weight is 602 g/mol. The van der Waals surface area contributed by atoms with Gasteiger partial charge in [-0.1, -0.05) is 32.0 Å². The van der Waals surface area contributed by atoms with Crippen LogP contribution in [-0.4, -0.2) is 66.8 Å². The van der Waals surface area contributed by atoms with Crippen LogP contribution in [0.4, 0.5) is 0 Å². The van der Waals surface area contributed by atoms with Gasteiger partial charge in [0.2, 0.25) is 11.8 Å². The standard InChI is InChI=1S/C32H35N5O7/c1-18(2)13-25(37-31(41)26-15-22-23(35-26)9-6-10-28(22)43-3)30(40)36-24(14-19-11-12-34-29(19)39)27(38)17-44-32(42)21-8-5-4-7-20(21)16-33/h4-10,15,18-19,24-25,35H,11-14,17H2,1-3H3,(H,34,39)(H,36,40)(H,37,41)/t19-,24-,25-/m0/s1. The molecule has 12 heteroatoms. The van der Waals surface area contributed by atoms with E-state index in [1.807, 2.05) is 19.9 Å². The first-order valence-electron chi connectivity index (χ1n) is 14.3. The lowest BCUT2D eigenvalue weighted by Crippen LogP contribution is -2.53. The summed E-state index contributed by atoms with van der Waals surface area (Å²) in [4.78, 5) is 68.1. The monoisotopic (exact) mass is 601 g/mol. The van der Waals surface area contributed by atoms with Gasteiger partial charge >= 0.3 is 5.97 Å². The first kappa shape index (κ1) is 31.7. The van der Waals surface area contributed by atoms with Crippen molar-refractivity contribution in [1.82, 2.24) is 20.9 Å². The number of benzene rings is 2. The van der Waals surface area contributed by atoms with Crippen molar-refractivity contribution in [3.05, 3.63) is 65.4 Å². The van der Waals surface area contributed by atoms with Gasteiger partial charge in [-0.15, -0.1) is 0 Å². The van der Waals surface area contributed by atoms with Crippen LogP contribution < -0.4 is 20.7 Å². The molecule has 2 heterocycles. The molecule has 0 bridgehead atoms. The molecule has 0 spiro atoms. The molecule has 0 radical (unpaired) electrons. The molecule has 1 saturated heterocycles. The number of H-pyrrole nitrogens is 1. The van der Waals surface area contributed by atoms with Crippen LogP contribution in [0.5, 0.6) is 5.75 Å². The molecule has 1 aromatic heterocycles. The molecule has 1 aliphatic rings. The van der Waals surface area contributed by atoms with Gasteiger partial charge in [0.05, 0.1) is 24.3 Å². The fourth-order valence-corrected chi connectivity index (χ4v) is 5.14. The van der Waals surface area contributed by atoms with E-state index in [9.17, 15) is 29.2 Å². The van der Waals surface area contributed by atoms with Crippen molar-refractivity contribution in [2.45, 2.75) is 45.2 Å². The van der Waals surface area contributed by atoms with Gasteiger partial charge in [-0.3, -0.25) is 19.2 Å². The third-order valence-electron chi connectivity index (χ3n) is 7.42. The van der Waals surface area contributed by atoms with Crippen molar-refractivity contribution in [3.63, 3.8) is 0 Å². The number of carbonyl (C=O) groups excluding carboxylic acids is 5. The van der Waals surface area contributed by atoms with E-state index in [0.29, 0.717) is 29.6 Å². The van der Waals surface area contributed by atoms with Gasteiger partial charge in [0, 0.05) is 23.4 Å². The lowest BCUT2D eigenvalue weighted by atomic mass is 9.95. The number of rotatable bonds is 13. The van der Waals surface area contributed by atoms with E-state index in [-0.39, 0.29) is 41.5 Å². The number of Topliss-reactive ketones (excluding diaryl/α,β-unsaturated/α-hetero) is 1. The highest BCUT2D eigenvalue weighted by molar-refractivity contribution is 6.02. The number of aromatic nitrogens is 1. The molecule has 1 fully saturated rings. The quantitative estimate of drug-likeness (QED) is 0.216. The maximum absolute atomic E-state index is 13.6. The molecular formula is C32H35N5O7. The van der Waals surface area contributed by atoms with E-state index in [0.717, 1.165) is 0 Å². The number of esters is 1. The number of hydrogen-bond acceptors (Lipinski definition) is 8. The lowest BCUT2D eigenvalue weighted by molar-refractivity contribution is -0.131. The van der Waals surface area contributed by atoms with Crippen molar-refractivity contribution in [2.24, 2.45) is 11.8 Å². The fourth-order valence-electron chi connectivity index (χ4n) is 5.14. The fraction of sp³-hybridized carbons (Fsp3) is 0.375. The molecule has 4 rings (SSSR count). The minimum atomic E-state index is -1.17. The van der Waals surface area contributed by atoms with Crippen molar-refractivity contribution >= 4 is 40.4 Å². The molecule has 3 atom stereocenters. The number of ketones is 1. The molecule has 0 unspecified atom stereocenters. The van der Waals surface area contributed by atoms with Gasteiger partial charge in [0.1, 0.15) is 23.6 Å². The molecule has 0 aliphatic carbocycles. The van der Waals surface area contributed by atoms with Gasteiger partial charge in [-0.05, 0) is 55.5 Å². The Morgan fingerprint density at radius 1 is 1.07 bits per heavy atom. The number of fused-ring (bicyclic) bond motifs is 1. The molecule has 2 aromatic carbocycles. The smallest absolute Gasteiger partial charge is 0.339 e. The van der Waals surface area contributed by atoms with Crippen LogP contribution in [0.15, 0.2) is 48.5 Å². The zero-order chi connectivity index (χ0) is 31.8. The van der Waals surface area contributed by atoms with Crippen molar-refractivity contribution in [2.75, 3.05) is 20.3 Å². The number of carbonyl (C=O) groups is 5. The highest BCUT2D eigenvalue weighted by Crippen LogP contribution is 2.26. The van der Waals surface area contributed by atoms with Crippen LogP contribution in [0.1, 0.15) is 59.5 Å². The zero-order valence-corrected chi connectivity index (χ0v) is 24.8. The minimum absolute atomic E-state index is 0.00442. The summed E-state index contributed by atoms with van der Waals surface area (Å²) in [5.41, 5.74) is 1.02. The first-order valence-corrected chi connectivity index (χ1v) is 14.3. The minimum Gasteiger partial charge on any atom is -0.496 e. The lowest BCUT2D eigenvalue weighted by Gasteiger charge is -2.25. The van der Waals surface area contributed by atoms with E-state index in [2.05, 4.69) is 20.9 Å². The molecule has 12 nitrogen and oxygen atoms in total. The summed E-state index contributed by atoms with van der Waals surface area (Å²) < 4.78 is 10.6. The largest absolute Gasteiger partial charge is 0.496 e. The number of ether oxygens (including phenoxy) is 2. The third kappa shape index (κ3) is 7.60. The summed E-state index contributed by atoms with van der Waals surface area (Å²) >= 11 is 0. The van der Waals surface area contributed by atoms with Crippen LogP contribution in [0, 0.1) is 23.2 Å². The summed E-state index contributed by atoms with van der Waals surface area (Å²) in [7, 11) is 1.53. The third-order valence-corrected chi connectivity index (χ3v) is 7.42. The number of nitrogens with one attached hydrogen (secondary N) is 4. The molecule has 0 saturated carbocycles. The number of hydrogen-bond donors (Lipinski definition) is 4. The Kier molecular flexibility index (Phi) is 10.3. The van der Waals surface area contributed by atoms with Crippen LogP contribution in [0.3, 0.4) is 0 Å². The van der Waals surface area contributed by atoms with E-state index in [4.69, 9.17) is 9.47 Å². The highest BCUT2D eigenvalue weighted by atomic mass is 16.5. The van der Waals surface area contributed by atoms with Crippen LogP contribution in [0.25, 0.3) is 10.9 Å². The maximum atomic E-state index is 13.6. The second kappa shape index (κ2) is 14.3. The summed E-state index contributed by atoms with van der Waals surface area (Å²) in [6.45, 7) is 3.55. The summed E-state index contributed by atoms with van der Waals surface area (Å²) in [5, 5.41) is 18.2. The van der Waals surface area contributed by atoms with Crippen LogP contribution in [0.2, 0.25) is 0 Å². The predicted molar refractivity (Wildman–Crippen MR) is 160 cm³/mol. The van der Waals surface area contributed by atoms with Crippen LogP contribution >= 0.6 is 0 Å². The number of nitriles is 1. The van der Waals surface area contributed by atoms with Crippen LogP contribution in [-0.2, 0) is 19.1 Å². The Morgan fingerprint density at radius 3 is 2.52 bits per heavy atom. The summed E-state index contributed by atoms with van der Waals surface area (Å²) in [5.74, 6) is -2.80. The molecule has 44 heavy (non-hydrogen) atoms. The molecular weight excluding hydrogens is 566 g/mol. The second-order valence-electron chi connectivity index (χ2n) is 11.0. The molecule has 3 aromatic rings. The van der Waals surface area contributed by atoms with E-state index < -0.39 is 48.2 Å². The normalized spacial score (nSPS) is 15.6. The van der Waals surface area contributed by atoms with Gasteiger partial charge in [-0.25, -0.2) is 4.79 Å². The SMILES string of the molecule is COc1cccc2[nH]c(C(=O)N[C@@H](CC(C)C)C(=O)N[C@@H](C[C@@H]3CCNC3=O)C(=O)COC(=O)c3ccccc3C#N)cc12. The summed E-state index contributed by atoms with van der Waals surface area (Å²) in [6.07, 6.45) is 0.739. The molecule has 230 valence electrons. The average Bonchev–Trinajstić information content (AvgIpc) is 3.64. The van der Waals surface area contributed by atoms with Crippen molar-refractivity contribution in [3.8, 4) is 11.8 Å². The zero-order valence-electron chi connectivity index (χ0n) is 24.8. The number of aromatic amines is 1. The molecule has 3 amide bonds. The molecule has 4 N–H and O–H groups in total. The number of methoxy groups -OCH3 is 1. The summed E-state index contributed by atoms with van der Waals surface area (Å²) in [6, 6.07) is 12.8. The van der Waals surface area contributed by atoms with E-state index in [1.54, 1.807) is 36.4 Å². The van der Waals surface area contributed by atoms with Gasteiger partial charge in [0.25, 0.3) is 5.91 Å². The Labute approximate surface area is 254 Å². The number of amides is 3. The topological polar surface area (TPSA) is 179 Å². The van der Waals surface area contributed by atoms with Gasteiger partial charge in [-0.2, -0.15) is 5.26 Å². The Hall–Kier alpha value is -5.18. The maximum Gasteiger partial charge on any atom is 0.339 e. The van der Waals surface area contributed by atoms with E-state index in [1.165, 1.54) is 19.2 Å². The number of nitrogens with zero attached hydrogens (tertiary/aromatic N) is 1. The second-order valence-corrected chi connectivity index (χ2v) is 11.0. The van der Waals surface area contributed by atoms with Crippen molar-refractivity contribution in [1.29, 1.82) is 5.26 Å². The Bertz CT molecular complexity index is 1610. The molecule has 1 aliphatic heterocycles.